The van der Waals surface area contributed by atoms with Crippen LogP contribution in [0.4, 0.5) is 11.4 Å². The van der Waals surface area contributed by atoms with Gasteiger partial charge in [0.2, 0.25) is 11.8 Å². The van der Waals surface area contributed by atoms with E-state index in [0.29, 0.717) is 22.7 Å². The molecule has 0 aliphatic carbocycles. The number of hydrogen-bond donors (Lipinski definition) is 2. The minimum absolute atomic E-state index is 0.0787. The first-order chi connectivity index (χ1) is 14.0. The molecule has 0 bridgehead atoms. The summed E-state index contributed by atoms with van der Waals surface area (Å²) in [6, 6.07) is 13.8. The number of hydrogen-bond acceptors (Lipinski definition) is 4. The van der Waals surface area contributed by atoms with Gasteiger partial charge in [-0.15, -0.1) is 6.42 Å². The van der Waals surface area contributed by atoms with E-state index in [0.717, 1.165) is 0 Å². The van der Waals surface area contributed by atoms with Gasteiger partial charge in [-0.05, 0) is 24.3 Å². The first-order valence-electron chi connectivity index (χ1n) is 9.10. The smallest absolute Gasteiger partial charge is 0.254 e. The number of para-hydroxylation sites is 3. The molecule has 2 aromatic carbocycles. The highest BCUT2D eigenvalue weighted by Crippen LogP contribution is 2.33. The summed E-state index contributed by atoms with van der Waals surface area (Å²) in [5.41, 5.74) is 1.31. The van der Waals surface area contributed by atoms with E-state index in [2.05, 4.69) is 16.6 Å². The van der Waals surface area contributed by atoms with Crippen LogP contribution in [0.1, 0.15) is 16.8 Å². The molecule has 0 aromatic heterocycles. The number of carbonyl (C=O) groups is 3. The minimum Gasteiger partial charge on any atom is -0.495 e. The van der Waals surface area contributed by atoms with E-state index >= 15 is 0 Å². The van der Waals surface area contributed by atoms with Crippen LogP contribution in [0.5, 0.6) is 5.75 Å². The number of benzene rings is 2. The van der Waals surface area contributed by atoms with Crippen LogP contribution in [0.25, 0.3) is 0 Å². The van der Waals surface area contributed by atoms with Crippen molar-refractivity contribution in [1.29, 1.82) is 0 Å². The third-order valence-corrected chi connectivity index (χ3v) is 4.65. The molecule has 2 N–H and O–H groups in total. The fraction of sp³-hybridized carbons (Fsp3) is 0.227. The van der Waals surface area contributed by atoms with Crippen molar-refractivity contribution in [3.8, 4) is 18.1 Å². The van der Waals surface area contributed by atoms with Gasteiger partial charge in [-0.1, -0.05) is 30.2 Å². The van der Waals surface area contributed by atoms with Gasteiger partial charge in [0.1, 0.15) is 5.75 Å². The largest absolute Gasteiger partial charge is 0.495 e. The molecule has 1 heterocycles. The number of nitrogens with one attached hydrogen (secondary N) is 2. The van der Waals surface area contributed by atoms with Gasteiger partial charge in [0.05, 0.1) is 36.5 Å². The summed E-state index contributed by atoms with van der Waals surface area (Å²) in [6.07, 6.45) is 5.25. The summed E-state index contributed by atoms with van der Waals surface area (Å²) >= 11 is 0. The lowest BCUT2D eigenvalue weighted by molar-refractivity contribution is -0.122. The highest BCUT2D eigenvalue weighted by atomic mass is 16.5. The van der Waals surface area contributed by atoms with Crippen LogP contribution in [-0.2, 0) is 9.59 Å². The standard InChI is InChI=1S/C22H21N3O4/c1-3-12-23-22(28)16-8-4-5-9-17(16)24-21(27)15-13-20(26)25(14-15)18-10-6-7-11-19(18)29-2/h1,4-11,15H,12-14H2,2H3,(H,23,28)(H,24,27). The number of terminal acetylenes is 1. The predicted molar refractivity (Wildman–Crippen MR) is 110 cm³/mol. The lowest BCUT2D eigenvalue weighted by Gasteiger charge is -2.19. The van der Waals surface area contributed by atoms with Crippen LogP contribution >= 0.6 is 0 Å². The number of ether oxygens (including phenoxy) is 1. The van der Waals surface area contributed by atoms with Crippen molar-refractivity contribution in [1.82, 2.24) is 5.32 Å². The predicted octanol–water partition coefficient (Wildman–Crippen LogP) is 2.05. The topological polar surface area (TPSA) is 87.7 Å². The van der Waals surface area contributed by atoms with Crippen molar-refractivity contribution in [2.45, 2.75) is 6.42 Å². The van der Waals surface area contributed by atoms with E-state index in [9.17, 15) is 14.4 Å². The summed E-state index contributed by atoms with van der Waals surface area (Å²) in [5, 5.41) is 5.35. The van der Waals surface area contributed by atoms with Gasteiger partial charge in [-0.3, -0.25) is 14.4 Å². The summed E-state index contributed by atoms with van der Waals surface area (Å²) in [7, 11) is 1.53. The van der Waals surface area contributed by atoms with E-state index in [1.165, 1.54) is 7.11 Å². The second-order valence-electron chi connectivity index (χ2n) is 6.50. The van der Waals surface area contributed by atoms with Gasteiger partial charge < -0.3 is 20.3 Å². The van der Waals surface area contributed by atoms with Gasteiger partial charge in [0.15, 0.2) is 0 Å². The van der Waals surface area contributed by atoms with Crippen LogP contribution < -0.4 is 20.3 Å². The lowest BCUT2D eigenvalue weighted by Crippen LogP contribution is -2.29. The molecule has 7 nitrogen and oxygen atoms in total. The van der Waals surface area contributed by atoms with Crippen molar-refractivity contribution in [3.63, 3.8) is 0 Å². The molecule has 3 rings (SSSR count). The second kappa shape index (κ2) is 8.93. The van der Waals surface area contributed by atoms with Gasteiger partial charge >= 0.3 is 0 Å². The molecule has 0 radical (unpaired) electrons. The molecule has 2 aromatic rings. The summed E-state index contributed by atoms with van der Waals surface area (Å²) in [6.45, 7) is 0.322. The Morgan fingerprint density at radius 2 is 1.93 bits per heavy atom. The SMILES string of the molecule is C#CCNC(=O)c1ccccc1NC(=O)C1CC(=O)N(c2ccccc2OC)C1. The molecule has 7 heteroatoms. The lowest BCUT2D eigenvalue weighted by atomic mass is 10.1. The fourth-order valence-corrected chi connectivity index (χ4v) is 3.22. The van der Waals surface area contributed by atoms with Crippen molar-refractivity contribution < 1.29 is 19.1 Å². The molecule has 1 aliphatic rings. The Kier molecular flexibility index (Phi) is 6.15. The maximum atomic E-state index is 12.8. The van der Waals surface area contributed by atoms with Gasteiger partial charge in [0, 0.05) is 13.0 Å². The molecule has 0 spiro atoms. The zero-order chi connectivity index (χ0) is 20.8. The minimum atomic E-state index is -0.547. The van der Waals surface area contributed by atoms with Crippen molar-refractivity contribution in [2.75, 3.05) is 30.4 Å². The third kappa shape index (κ3) is 4.38. The molecule has 1 unspecified atom stereocenters. The molecule has 1 aliphatic heterocycles. The molecule has 1 fully saturated rings. The normalized spacial score (nSPS) is 15.5. The highest BCUT2D eigenvalue weighted by Gasteiger charge is 2.36. The Balaban J connectivity index is 1.74. The monoisotopic (exact) mass is 391 g/mol. The number of nitrogens with zero attached hydrogens (tertiary/aromatic N) is 1. The van der Waals surface area contributed by atoms with Crippen LogP contribution in [0.3, 0.4) is 0 Å². The Morgan fingerprint density at radius 3 is 2.69 bits per heavy atom. The molecule has 29 heavy (non-hydrogen) atoms. The third-order valence-electron chi connectivity index (χ3n) is 4.65. The van der Waals surface area contributed by atoms with Gasteiger partial charge in [-0.25, -0.2) is 0 Å². The van der Waals surface area contributed by atoms with Crippen LogP contribution in [0, 0.1) is 18.3 Å². The Bertz CT molecular complexity index is 980. The Labute approximate surface area is 169 Å². The maximum Gasteiger partial charge on any atom is 0.254 e. The fourth-order valence-electron chi connectivity index (χ4n) is 3.22. The van der Waals surface area contributed by atoms with Gasteiger partial charge in [-0.2, -0.15) is 0 Å². The maximum absolute atomic E-state index is 12.8. The van der Waals surface area contributed by atoms with E-state index in [1.807, 2.05) is 12.1 Å². The zero-order valence-electron chi connectivity index (χ0n) is 16.0. The number of methoxy groups -OCH3 is 1. The molecule has 0 saturated carbocycles. The number of amides is 3. The van der Waals surface area contributed by atoms with E-state index in [1.54, 1.807) is 41.3 Å². The Hall–Kier alpha value is -3.79. The van der Waals surface area contributed by atoms with Crippen LogP contribution in [-0.4, -0.2) is 37.9 Å². The van der Waals surface area contributed by atoms with Crippen molar-refractivity contribution in [2.24, 2.45) is 5.92 Å². The summed E-state index contributed by atoms with van der Waals surface area (Å²) < 4.78 is 5.32. The van der Waals surface area contributed by atoms with Gasteiger partial charge in [0.25, 0.3) is 5.91 Å². The first-order valence-corrected chi connectivity index (χ1v) is 9.10. The van der Waals surface area contributed by atoms with E-state index < -0.39 is 5.92 Å². The molecule has 1 atom stereocenters. The quantitative estimate of drug-likeness (QED) is 0.738. The van der Waals surface area contributed by atoms with E-state index in [4.69, 9.17) is 11.2 Å². The average Bonchev–Trinajstić information content (AvgIpc) is 3.14. The molecule has 1 saturated heterocycles. The second-order valence-corrected chi connectivity index (χ2v) is 6.50. The first kappa shape index (κ1) is 20.0. The number of carbonyl (C=O) groups excluding carboxylic acids is 3. The molecule has 3 amide bonds. The number of anilines is 2. The molecule has 148 valence electrons. The molecular formula is C22H21N3O4. The van der Waals surface area contributed by atoms with Crippen LogP contribution in [0.15, 0.2) is 48.5 Å². The average molecular weight is 391 g/mol. The zero-order valence-corrected chi connectivity index (χ0v) is 16.0. The highest BCUT2D eigenvalue weighted by molar-refractivity contribution is 6.07. The molecular weight excluding hydrogens is 370 g/mol. The summed E-state index contributed by atoms with van der Waals surface area (Å²) in [5.74, 6) is 1.49. The number of rotatable bonds is 6. The Morgan fingerprint density at radius 1 is 1.21 bits per heavy atom. The van der Waals surface area contributed by atoms with Crippen molar-refractivity contribution in [3.05, 3.63) is 54.1 Å². The van der Waals surface area contributed by atoms with Crippen molar-refractivity contribution >= 4 is 29.1 Å². The van der Waals surface area contributed by atoms with E-state index in [-0.39, 0.29) is 37.2 Å². The van der Waals surface area contributed by atoms with Crippen LogP contribution in [0.2, 0.25) is 0 Å². The summed E-state index contributed by atoms with van der Waals surface area (Å²) in [4.78, 5) is 39.1.